The van der Waals surface area contributed by atoms with E-state index < -0.39 is 27.2 Å². The Labute approximate surface area is 156 Å². The van der Waals surface area contributed by atoms with E-state index in [0.717, 1.165) is 24.6 Å². The van der Waals surface area contributed by atoms with Crippen molar-refractivity contribution < 1.29 is 19.4 Å². The molecule has 0 N–H and O–H groups in total. The van der Waals surface area contributed by atoms with Crippen molar-refractivity contribution in [3.05, 3.63) is 79.9 Å². The largest absolute Gasteiger partial charge is 0.462 e. The van der Waals surface area contributed by atoms with Gasteiger partial charge in [-0.3, -0.25) is 20.2 Å². The first-order chi connectivity index (χ1) is 12.8. The van der Waals surface area contributed by atoms with Crippen LogP contribution in [0.15, 0.2) is 48.5 Å². The molecule has 0 aliphatic heterocycles. The van der Waals surface area contributed by atoms with Crippen molar-refractivity contribution >= 4 is 17.3 Å². The monoisotopic (exact) mass is 372 g/mol. The van der Waals surface area contributed by atoms with Crippen LogP contribution in [-0.2, 0) is 4.74 Å². The van der Waals surface area contributed by atoms with Gasteiger partial charge in [-0.05, 0) is 23.8 Å². The van der Waals surface area contributed by atoms with Gasteiger partial charge in [-0.15, -0.1) is 0 Å². The average molecular weight is 372 g/mol. The summed E-state index contributed by atoms with van der Waals surface area (Å²) in [5, 5.41) is 21.8. The molecule has 2 rings (SSSR count). The Hall–Kier alpha value is -3.29. The summed E-state index contributed by atoms with van der Waals surface area (Å²) in [6.07, 6.45) is 0.784. The first kappa shape index (κ1) is 20.0. The second-order valence-electron chi connectivity index (χ2n) is 6.50. The summed E-state index contributed by atoms with van der Waals surface area (Å²) in [5.74, 6) is -0.488. The zero-order chi connectivity index (χ0) is 20.0. The molecule has 8 heteroatoms. The lowest BCUT2D eigenvalue weighted by Crippen LogP contribution is -2.14. The molecular weight excluding hydrogens is 352 g/mol. The van der Waals surface area contributed by atoms with E-state index in [1.807, 2.05) is 37.3 Å². The summed E-state index contributed by atoms with van der Waals surface area (Å²) in [4.78, 5) is 32.4. The number of rotatable bonds is 8. The summed E-state index contributed by atoms with van der Waals surface area (Å²) in [6.45, 7) is 4.13. The van der Waals surface area contributed by atoms with Crippen molar-refractivity contribution in [1.29, 1.82) is 0 Å². The van der Waals surface area contributed by atoms with Crippen LogP contribution in [0.4, 0.5) is 11.4 Å². The predicted octanol–water partition coefficient (Wildman–Crippen LogP) is 4.49. The third-order valence-electron chi connectivity index (χ3n) is 4.18. The van der Waals surface area contributed by atoms with Gasteiger partial charge in [0.25, 0.3) is 11.4 Å². The van der Waals surface area contributed by atoms with Crippen molar-refractivity contribution in [2.45, 2.75) is 26.2 Å². The fourth-order valence-electron chi connectivity index (χ4n) is 2.81. The van der Waals surface area contributed by atoms with E-state index in [4.69, 9.17) is 4.74 Å². The SMILES string of the molecule is C[C@@H](COC(=O)c1cc([N+](=O)[O-])cc([N+](=O)[O-])c1)C[C@H](C)c1ccccc1. The maximum atomic E-state index is 12.2. The Morgan fingerprint density at radius 3 is 2.07 bits per heavy atom. The Balaban J connectivity index is 2.00. The summed E-state index contributed by atoms with van der Waals surface area (Å²) in [6, 6.07) is 12.7. The first-order valence-electron chi connectivity index (χ1n) is 8.44. The van der Waals surface area contributed by atoms with Gasteiger partial charge in [0.05, 0.1) is 28.1 Å². The quantitative estimate of drug-likeness (QED) is 0.383. The minimum Gasteiger partial charge on any atom is -0.462 e. The molecule has 0 aliphatic carbocycles. The summed E-state index contributed by atoms with van der Waals surface area (Å²) >= 11 is 0. The van der Waals surface area contributed by atoms with Gasteiger partial charge in [0, 0.05) is 12.1 Å². The zero-order valence-electron chi connectivity index (χ0n) is 15.0. The molecule has 2 aromatic rings. The maximum absolute atomic E-state index is 12.2. The van der Waals surface area contributed by atoms with Gasteiger partial charge < -0.3 is 4.74 Å². The highest BCUT2D eigenvalue weighted by molar-refractivity contribution is 5.91. The molecule has 0 spiro atoms. The lowest BCUT2D eigenvalue weighted by Gasteiger charge is -2.17. The molecule has 0 saturated heterocycles. The molecule has 2 aromatic carbocycles. The molecular formula is C19H20N2O6. The third kappa shape index (κ3) is 5.60. The number of esters is 1. The highest BCUT2D eigenvalue weighted by Crippen LogP contribution is 2.25. The number of ether oxygens (including phenoxy) is 1. The molecule has 0 aromatic heterocycles. The molecule has 0 unspecified atom stereocenters. The van der Waals surface area contributed by atoms with Crippen molar-refractivity contribution in [2.75, 3.05) is 6.61 Å². The molecule has 0 radical (unpaired) electrons. The van der Waals surface area contributed by atoms with Crippen LogP contribution in [-0.4, -0.2) is 22.4 Å². The first-order valence-corrected chi connectivity index (χ1v) is 8.44. The van der Waals surface area contributed by atoms with Gasteiger partial charge in [0.15, 0.2) is 0 Å². The Morgan fingerprint density at radius 2 is 1.56 bits per heavy atom. The smallest absolute Gasteiger partial charge is 0.338 e. The number of benzene rings is 2. The van der Waals surface area contributed by atoms with Gasteiger partial charge in [-0.1, -0.05) is 44.2 Å². The number of nitro groups is 2. The van der Waals surface area contributed by atoms with E-state index in [1.54, 1.807) is 0 Å². The summed E-state index contributed by atoms with van der Waals surface area (Å²) < 4.78 is 5.21. The summed E-state index contributed by atoms with van der Waals surface area (Å²) in [5.41, 5.74) is -0.0759. The lowest BCUT2D eigenvalue weighted by molar-refractivity contribution is -0.394. The Morgan fingerprint density at radius 1 is 1.00 bits per heavy atom. The van der Waals surface area contributed by atoms with Gasteiger partial charge in [-0.25, -0.2) is 4.79 Å². The van der Waals surface area contributed by atoms with Gasteiger partial charge in [0.2, 0.25) is 0 Å². The molecule has 27 heavy (non-hydrogen) atoms. The molecule has 2 atom stereocenters. The normalized spacial score (nSPS) is 12.8. The lowest BCUT2D eigenvalue weighted by atomic mass is 9.91. The number of carbonyl (C=O) groups is 1. The molecule has 8 nitrogen and oxygen atoms in total. The van der Waals surface area contributed by atoms with Crippen LogP contribution in [0.1, 0.15) is 42.1 Å². The van der Waals surface area contributed by atoms with Crippen LogP contribution >= 0.6 is 0 Å². The Bertz CT molecular complexity index is 805. The molecule has 0 heterocycles. The molecule has 0 fully saturated rings. The number of non-ortho nitro benzene ring substituents is 2. The van der Waals surface area contributed by atoms with Crippen LogP contribution in [0.3, 0.4) is 0 Å². The third-order valence-corrected chi connectivity index (χ3v) is 4.18. The molecule has 0 saturated carbocycles. The fourth-order valence-corrected chi connectivity index (χ4v) is 2.81. The van der Waals surface area contributed by atoms with Gasteiger partial charge >= 0.3 is 5.97 Å². The Kier molecular flexibility index (Phi) is 6.59. The van der Waals surface area contributed by atoms with Crippen LogP contribution in [0.25, 0.3) is 0 Å². The minimum absolute atomic E-state index is 0.0536. The summed E-state index contributed by atoms with van der Waals surface area (Å²) in [7, 11) is 0. The number of nitro benzene ring substituents is 2. The van der Waals surface area contributed by atoms with Crippen LogP contribution in [0, 0.1) is 26.1 Å². The van der Waals surface area contributed by atoms with Crippen molar-refractivity contribution in [2.24, 2.45) is 5.92 Å². The van der Waals surface area contributed by atoms with E-state index in [0.29, 0.717) is 0 Å². The topological polar surface area (TPSA) is 113 Å². The van der Waals surface area contributed by atoms with Crippen LogP contribution < -0.4 is 0 Å². The van der Waals surface area contributed by atoms with E-state index in [9.17, 15) is 25.0 Å². The van der Waals surface area contributed by atoms with E-state index in [-0.39, 0.29) is 24.0 Å². The number of hydrogen-bond donors (Lipinski definition) is 0. The number of carbonyl (C=O) groups excluding carboxylic acids is 1. The van der Waals surface area contributed by atoms with Crippen molar-refractivity contribution in [3.8, 4) is 0 Å². The van der Waals surface area contributed by atoms with Gasteiger partial charge in [-0.2, -0.15) is 0 Å². The molecule has 0 aliphatic rings. The van der Waals surface area contributed by atoms with Gasteiger partial charge in [0.1, 0.15) is 0 Å². The van der Waals surface area contributed by atoms with E-state index in [2.05, 4.69) is 6.92 Å². The maximum Gasteiger partial charge on any atom is 0.338 e. The average Bonchev–Trinajstić information content (AvgIpc) is 2.66. The van der Waals surface area contributed by atoms with E-state index in [1.165, 1.54) is 5.56 Å². The van der Waals surface area contributed by atoms with Crippen molar-refractivity contribution in [3.63, 3.8) is 0 Å². The number of nitrogens with zero attached hydrogens (tertiary/aromatic N) is 2. The fraction of sp³-hybridized carbons (Fsp3) is 0.316. The molecule has 142 valence electrons. The highest BCUT2D eigenvalue weighted by atomic mass is 16.6. The van der Waals surface area contributed by atoms with E-state index >= 15 is 0 Å². The second-order valence-corrected chi connectivity index (χ2v) is 6.50. The second kappa shape index (κ2) is 8.88. The zero-order valence-corrected chi connectivity index (χ0v) is 15.0. The molecule has 0 amide bonds. The van der Waals surface area contributed by atoms with Crippen LogP contribution in [0.2, 0.25) is 0 Å². The molecule has 0 bridgehead atoms. The van der Waals surface area contributed by atoms with Crippen LogP contribution in [0.5, 0.6) is 0 Å². The number of hydrogen-bond acceptors (Lipinski definition) is 6. The highest BCUT2D eigenvalue weighted by Gasteiger charge is 2.21. The minimum atomic E-state index is -0.819. The predicted molar refractivity (Wildman–Crippen MR) is 98.7 cm³/mol. The standard InChI is InChI=1S/C19H20N2O6/c1-13(8-14(2)15-6-4-3-5-7-15)12-27-19(22)16-9-17(20(23)24)11-18(10-16)21(25)26/h3-7,9-11,13-14H,8,12H2,1-2H3/t13-,14+/m1/s1. The van der Waals surface area contributed by atoms with Crippen molar-refractivity contribution in [1.82, 2.24) is 0 Å².